The normalized spacial score (nSPS) is 12.7. The predicted octanol–water partition coefficient (Wildman–Crippen LogP) is 4.85. The number of rotatable bonds is 7. The molecular weight excluding hydrogens is 348 g/mol. The predicted molar refractivity (Wildman–Crippen MR) is 117 cm³/mol. The zero-order valence-electron chi connectivity index (χ0n) is 17.9. The van der Waals surface area contributed by atoms with E-state index in [1.165, 1.54) is 11.1 Å². The molecule has 0 radical (unpaired) electrons. The van der Waals surface area contributed by atoms with Crippen LogP contribution in [-0.2, 0) is 13.5 Å². The average molecular weight is 381 g/mol. The van der Waals surface area contributed by atoms with Crippen molar-refractivity contribution in [2.24, 2.45) is 7.05 Å². The van der Waals surface area contributed by atoms with E-state index in [0.717, 1.165) is 46.6 Å². The highest BCUT2D eigenvalue weighted by Gasteiger charge is 2.20. The van der Waals surface area contributed by atoms with E-state index in [9.17, 15) is 5.11 Å². The summed E-state index contributed by atoms with van der Waals surface area (Å²) in [6.07, 6.45) is 3.91. The number of fused-ring (bicyclic) bond motifs is 1. The van der Waals surface area contributed by atoms with Gasteiger partial charge in [-0.15, -0.1) is 0 Å². The summed E-state index contributed by atoms with van der Waals surface area (Å²) in [5.74, 6) is 1.38. The minimum atomic E-state index is 0.140. The minimum absolute atomic E-state index is 0.140. The fourth-order valence-corrected chi connectivity index (χ4v) is 3.82. The number of aliphatic hydroxyl groups excluding tert-OH is 1. The number of anilines is 1. The summed E-state index contributed by atoms with van der Waals surface area (Å²) >= 11 is 0. The molecule has 0 saturated carbocycles. The van der Waals surface area contributed by atoms with Gasteiger partial charge in [-0.25, -0.2) is 9.97 Å². The Kier molecular flexibility index (Phi) is 6.04. The number of hydrogen-bond acceptors (Lipinski definition) is 4. The number of aliphatic hydroxyl groups is 1. The zero-order chi connectivity index (χ0) is 20.4. The van der Waals surface area contributed by atoms with Gasteiger partial charge < -0.3 is 15.0 Å². The molecule has 0 aliphatic carbocycles. The van der Waals surface area contributed by atoms with E-state index in [2.05, 4.69) is 62.0 Å². The van der Waals surface area contributed by atoms with Gasteiger partial charge in [-0.1, -0.05) is 27.7 Å². The fraction of sp³-hybridized carbons (Fsp3) is 0.478. The summed E-state index contributed by atoms with van der Waals surface area (Å²) in [5.41, 5.74) is 6.41. The monoisotopic (exact) mass is 380 g/mol. The highest BCUT2D eigenvalue weighted by molar-refractivity contribution is 5.87. The Morgan fingerprint density at radius 1 is 1.18 bits per heavy atom. The third-order valence-corrected chi connectivity index (χ3v) is 5.59. The molecule has 3 rings (SSSR count). The first kappa shape index (κ1) is 20.3. The lowest BCUT2D eigenvalue weighted by atomic mass is 9.95. The van der Waals surface area contributed by atoms with E-state index >= 15 is 0 Å². The van der Waals surface area contributed by atoms with Crippen molar-refractivity contribution in [1.29, 1.82) is 0 Å². The lowest BCUT2D eigenvalue weighted by Crippen LogP contribution is -2.04. The van der Waals surface area contributed by atoms with Gasteiger partial charge in [0.15, 0.2) is 0 Å². The molecule has 150 valence electrons. The van der Waals surface area contributed by atoms with E-state index in [4.69, 9.17) is 9.97 Å². The SMILES string of the molecule is CCc1cc2c(C(CC)CO)cn(C)c2nc1-c1ccc(C(C)C)nc1NC. The van der Waals surface area contributed by atoms with Crippen LogP contribution in [0.3, 0.4) is 0 Å². The maximum atomic E-state index is 9.80. The Labute approximate surface area is 167 Å². The van der Waals surface area contributed by atoms with Crippen LogP contribution in [0.1, 0.15) is 62.8 Å². The maximum Gasteiger partial charge on any atom is 0.140 e. The minimum Gasteiger partial charge on any atom is -0.396 e. The summed E-state index contributed by atoms with van der Waals surface area (Å²) in [6.45, 7) is 8.74. The molecule has 1 unspecified atom stereocenters. The van der Waals surface area contributed by atoms with Gasteiger partial charge in [0.05, 0.1) is 5.69 Å². The number of aryl methyl sites for hydroxylation is 2. The van der Waals surface area contributed by atoms with Crippen molar-refractivity contribution in [1.82, 2.24) is 14.5 Å². The molecule has 0 amide bonds. The first-order chi connectivity index (χ1) is 13.4. The molecule has 0 aliphatic heterocycles. The van der Waals surface area contributed by atoms with E-state index < -0.39 is 0 Å². The molecule has 3 aromatic rings. The van der Waals surface area contributed by atoms with Crippen molar-refractivity contribution in [2.45, 2.75) is 52.4 Å². The van der Waals surface area contributed by atoms with Gasteiger partial charge in [-0.2, -0.15) is 0 Å². The molecule has 28 heavy (non-hydrogen) atoms. The van der Waals surface area contributed by atoms with E-state index in [1.54, 1.807) is 0 Å². The number of nitrogens with one attached hydrogen (secondary N) is 1. The van der Waals surface area contributed by atoms with Crippen molar-refractivity contribution in [2.75, 3.05) is 19.0 Å². The lowest BCUT2D eigenvalue weighted by molar-refractivity contribution is 0.263. The maximum absolute atomic E-state index is 9.80. The Morgan fingerprint density at radius 2 is 1.93 bits per heavy atom. The largest absolute Gasteiger partial charge is 0.396 e. The Morgan fingerprint density at radius 3 is 2.50 bits per heavy atom. The summed E-state index contributed by atoms with van der Waals surface area (Å²) in [6, 6.07) is 6.48. The van der Waals surface area contributed by atoms with Crippen LogP contribution in [0.5, 0.6) is 0 Å². The third-order valence-electron chi connectivity index (χ3n) is 5.59. The fourth-order valence-electron chi connectivity index (χ4n) is 3.82. The Bertz CT molecular complexity index is 970. The Balaban J connectivity index is 2.24. The van der Waals surface area contributed by atoms with Crippen molar-refractivity contribution in [3.05, 3.63) is 41.2 Å². The number of pyridine rings is 2. The van der Waals surface area contributed by atoms with Gasteiger partial charge in [0.25, 0.3) is 0 Å². The molecule has 1 atom stereocenters. The van der Waals surface area contributed by atoms with Gasteiger partial charge in [0.2, 0.25) is 0 Å². The quantitative estimate of drug-likeness (QED) is 0.615. The lowest BCUT2D eigenvalue weighted by Gasteiger charge is -2.15. The molecule has 0 fully saturated rings. The first-order valence-corrected chi connectivity index (χ1v) is 10.2. The van der Waals surface area contributed by atoms with Crippen LogP contribution in [0.25, 0.3) is 22.3 Å². The van der Waals surface area contributed by atoms with E-state index in [1.807, 2.05) is 14.1 Å². The molecular formula is C23H32N4O. The molecule has 3 heterocycles. The third kappa shape index (κ3) is 3.51. The zero-order valence-corrected chi connectivity index (χ0v) is 17.9. The van der Waals surface area contributed by atoms with Crippen LogP contribution >= 0.6 is 0 Å². The second kappa shape index (κ2) is 8.31. The van der Waals surface area contributed by atoms with Crippen LogP contribution in [0.2, 0.25) is 0 Å². The second-order valence-electron chi connectivity index (χ2n) is 7.74. The molecule has 5 nitrogen and oxygen atoms in total. The van der Waals surface area contributed by atoms with Gasteiger partial charge in [0.1, 0.15) is 11.5 Å². The number of aromatic nitrogens is 3. The van der Waals surface area contributed by atoms with Crippen LogP contribution in [0.4, 0.5) is 5.82 Å². The van der Waals surface area contributed by atoms with Crippen molar-refractivity contribution in [3.63, 3.8) is 0 Å². The second-order valence-corrected chi connectivity index (χ2v) is 7.74. The van der Waals surface area contributed by atoms with Crippen LogP contribution in [0, 0.1) is 0 Å². The summed E-state index contributed by atoms with van der Waals surface area (Å²) in [7, 11) is 3.94. The van der Waals surface area contributed by atoms with Crippen LogP contribution in [0.15, 0.2) is 24.4 Å². The molecule has 0 aliphatic rings. The summed E-state index contributed by atoms with van der Waals surface area (Å²) in [4.78, 5) is 9.89. The number of hydrogen-bond donors (Lipinski definition) is 2. The van der Waals surface area contributed by atoms with Gasteiger partial charge >= 0.3 is 0 Å². The molecule has 3 aromatic heterocycles. The van der Waals surface area contributed by atoms with Gasteiger partial charge in [-0.05, 0) is 48.1 Å². The van der Waals surface area contributed by atoms with E-state index in [0.29, 0.717) is 5.92 Å². The van der Waals surface area contributed by atoms with E-state index in [-0.39, 0.29) is 12.5 Å². The molecule has 0 aromatic carbocycles. The Hall–Kier alpha value is -2.40. The molecule has 5 heteroatoms. The van der Waals surface area contributed by atoms with Crippen molar-refractivity contribution >= 4 is 16.9 Å². The van der Waals surface area contributed by atoms with Crippen LogP contribution < -0.4 is 5.32 Å². The standard InChI is InChI=1S/C23H32N4O/c1-7-15-11-18-19(16(8-2)13-28)12-27(6)23(18)26-21(15)17-9-10-20(14(3)4)25-22(17)24-5/h9-12,14,16,28H,7-8,13H2,1-6H3,(H,24,25). The average Bonchev–Trinajstić information content (AvgIpc) is 3.03. The topological polar surface area (TPSA) is 63.0 Å². The molecule has 0 saturated heterocycles. The highest BCUT2D eigenvalue weighted by Crippen LogP contribution is 2.35. The highest BCUT2D eigenvalue weighted by atomic mass is 16.3. The van der Waals surface area contributed by atoms with Crippen molar-refractivity contribution < 1.29 is 5.11 Å². The molecule has 0 spiro atoms. The van der Waals surface area contributed by atoms with Crippen LogP contribution in [-0.4, -0.2) is 33.3 Å². The van der Waals surface area contributed by atoms with Crippen molar-refractivity contribution in [3.8, 4) is 11.3 Å². The number of nitrogens with zero attached hydrogens (tertiary/aromatic N) is 3. The summed E-state index contributed by atoms with van der Waals surface area (Å²) < 4.78 is 2.07. The smallest absolute Gasteiger partial charge is 0.140 e. The summed E-state index contributed by atoms with van der Waals surface area (Å²) in [5, 5.41) is 14.2. The van der Waals surface area contributed by atoms with Gasteiger partial charge in [0, 0.05) is 49.5 Å². The van der Waals surface area contributed by atoms with Gasteiger partial charge in [-0.3, -0.25) is 0 Å². The molecule has 0 bridgehead atoms. The molecule has 2 N–H and O–H groups in total. The first-order valence-electron chi connectivity index (χ1n) is 10.2.